The number of hydrogen-bond acceptors (Lipinski definition) is 7. The van der Waals surface area contributed by atoms with Crippen molar-refractivity contribution >= 4 is 39.4 Å². The minimum absolute atomic E-state index is 0.129. The number of thioether (sulfide) groups is 1. The zero-order valence-electron chi connectivity index (χ0n) is 18.7. The molecule has 0 atom stereocenters. The number of benzene rings is 3. The quantitative estimate of drug-likeness (QED) is 0.219. The third kappa shape index (κ3) is 4.66. The normalized spacial score (nSPS) is 11.0. The summed E-state index contributed by atoms with van der Waals surface area (Å²) in [6.07, 6.45) is 1.88. The topological polar surface area (TPSA) is 79.7 Å². The average Bonchev–Trinajstić information content (AvgIpc) is 2.85. The maximum Gasteiger partial charge on any atom is 0.306 e. The highest BCUT2D eigenvalue weighted by Crippen LogP contribution is 2.33. The van der Waals surface area contributed by atoms with Gasteiger partial charge in [0.15, 0.2) is 11.5 Å². The number of methoxy groups -OCH3 is 3. The SMILES string of the molecule is COC(=O)CCSc1cc2c(=O)n(Cc3ccc(OC)c(OC)c3)cnc2c2ccccc12. The molecule has 0 aliphatic carbocycles. The van der Waals surface area contributed by atoms with E-state index in [4.69, 9.17) is 14.2 Å². The molecular formula is C25H24N2O5S. The van der Waals surface area contributed by atoms with Crippen LogP contribution in [0.15, 0.2) is 64.5 Å². The van der Waals surface area contributed by atoms with Crippen LogP contribution >= 0.6 is 11.8 Å². The van der Waals surface area contributed by atoms with Crippen molar-refractivity contribution in [3.63, 3.8) is 0 Å². The zero-order chi connectivity index (χ0) is 23.4. The maximum atomic E-state index is 13.4. The number of carbonyl (C=O) groups excluding carboxylic acids is 1. The van der Waals surface area contributed by atoms with E-state index >= 15 is 0 Å². The number of hydrogen-bond donors (Lipinski definition) is 0. The van der Waals surface area contributed by atoms with Crippen molar-refractivity contribution in [2.75, 3.05) is 27.1 Å². The van der Waals surface area contributed by atoms with E-state index in [1.54, 1.807) is 25.1 Å². The van der Waals surface area contributed by atoms with E-state index in [9.17, 15) is 9.59 Å². The van der Waals surface area contributed by atoms with Crippen LogP contribution in [0.2, 0.25) is 0 Å². The van der Waals surface area contributed by atoms with Gasteiger partial charge in [0.05, 0.1) is 51.5 Å². The molecule has 0 fully saturated rings. The van der Waals surface area contributed by atoms with E-state index in [0.717, 1.165) is 21.2 Å². The van der Waals surface area contributed by atoms with Crippen LogP contribution in [0.5, 0.6) is 11.5 Å². The molecule has 0 bridgehead atoms. The van der Waals surface area contributed by atoms with Crippen LogP contribution in [0.3, 0.4) is 0 Å². The lowest BCUT2D eigenvalue weighted by Crippen LogP contribution is -2.21. The smallest absolute Gasteiger partial charge is 0.306 e. The Hall–Kier alpha value is -3.52. The molecule has 0 saturated carbocycles. The minimum atomic E-state index is -0.258. The first kappa shape index (κ1) is 22.7. The van der Waals surface area contributed by atoms with Gasteiger partial charge in [-0.2, -0.15) is 0 Å². The Morgan fingerprint density at radius 3 is 2.45 bits per heavy atom. The zero-order valence-corrected chi connectivity index (χ0v) is 19.5. The van der Waals surface area contributed by atoms with Gasteiger partial charge in [-0.05, 0) is 29.1 Å². The van der Waals surface area contributed by atoms with Crippen molar-refractivity contribution in [1.29, 1.82) is 0 Å². The molecule has 4 rings (SSSR count). The summed E-state index contributed by atoms with van der Waals surface area (Å²) in [5.74, 6) is 1.53. The molecule has 1 heterocycles. The van der Waals surface area contributed by atoms with Crippen molar-refractivity contribution in [2.24, 2.45) is 0 Å². The predicted octanol–water partition coefficient (Wildman–Crippen LogP) is 4.27. The van der Waals surface area contributed by atoms with Crippen molar-refractivity contribution in [3.8, 4) is 11.5 Å². The molecule has 170 valence electrons. The summed E-state index contributed by atoms with van der Waals surface area (Å²) in [5, 5.41) is 2.45. The fourth-order valence-corrected chi connectivity index (χ4v) is 4.74. The van der Waals surface area contributed by atoms with Gasteiger partial charge in [-0.1, -0.05) is 30.3 Å². The van der Waals surface area contributed by atoms with Crippen LogP contribution in [0.25, 0.3) is 21.7 Å². The first-order valence-corrected chi connectivity index (χ1v) is 11.4. The summed E-state index contributed by atoms with van der Waals surface area (Å²) < 4.78 is 17.0. The molecule has 0 spiro atoms. The lowest BCUT2D eigenvalue weighted by atomic mass is 10.1. The molecule has 0 saturated heterocycles. The fraction of sp³-hybridized carbons (Fsp3) is 0.240. The van der Waals surface area contributed by atoms with Crippen molar-refractivity contribution in [1.82, 2.24) is 9.55 Å². The van der Waals surface area contributed by atoms with Gasteiger partial charge in [-0.25, -0.2) is 4.98 Å². The molecular weight excluding hydrogens is 440 g/mol. The predicted molar refractivity (Wildman–Crippen MR) is 130 cm³/mol. The Bertz CT molecular complexity index is 1380. The molecule has 0 amide bonds. The number of rotatable bonds is 8. The van der Waals surface area contributed by atoms with Gasteiger partial charge in [0.25, 0.3) is 5.56 Å². The average molecular weight is 465 g/mol. The maximum absolute atomic E-state index is 13.4. The number of aromatic nitrogens is 2. The van der Waals surface area contributed by atoms with Gasteiger partial charge < -0.3 is 14.2 Å². The number of fused-ring (bicyclic) bond motifs is 3. The van der Waals surface area contributed by atoms with Crippen LogP contribution in [-0.2, 0) is 16.1 Å². The second-order valence-electron chi connectivity index (χ2n) is 7.36. The highest BCUT2D eigenvalue weighted by molar-refractivity contribution is 7.99. The minimum Gasteiger partial charge on any atom is -0.493 e. The van der Waals surface area contributed by atoms with Crippen molar-refractivity contribution in [2.45, 2.75) is 17.9 Å². The second-order valence-corrected chi connectivity index (χ2v) is 8.49. The molecule has 3 aromatic carbocycles. The molecule has 4 aromatic rings. The molecule has 1 aromatic heterocycles. The van der Waals surface area contributed by atoms with Crippen LogP contribution in [0, 0.1) is 0 Å². The third-order valence-electron chi connectivity index (χ3n) is 5.39. The Kier molecular flexibility index (Phi) is 6.84. The number of esters is 1. The standard InChI is InChI=1S/C25H24N2O5S/c1-30-20-9-8-16(12-21(20)31-2)14-27-15-26-24-18-7-5-4-6-17(18)22(13-19(24)25(27)29)33-11-10-23(28)32-3/h4-9,12-13,15H,10-11,14H2,1-3H3. The first-order valence-electron chi connectivity index (χ1n) is 10.4. The van der Waals surface area contributed by atoms with Gasteiger partial charge in [0.2, 0.25) is 0 Å². The van der Waals surface area contributed by atoms with Crippen molar-refractivity contribution in [3.05, 3.63) is 70.8 Å². The van der Waals surface area contributed by atoms with Gasteiger partial charge >= 0.3 is 5.97 Å². The summed E-state index contributed by atoms with van der Waals surface area (Å²) in [5.41, 5.74) is 1.43. The number of carbonyl (C=O) groups is 1. The van der Waals surface area contributed by atoms with Gasteiger partial charge in [0.1, 0.15) is 0 Å². The first-order chi connectivity index (χ1) is 16.0. The highest BCUT2D eigenvalue weighted by atomic mass is 32.2. The molecule has 33 heavy (non-hydrogen) atoms. The lowest BCUT2D eigenvalue weighted by Gasteiger charge is -2.13. The molecule has 8 heteroatoms. The van der Waals surface area contributed by atoms with E-state index in [2.05, 4.69) is 4.98 Å². The summed E-state index contributed by atoms with van der Waals surface area (Å²) in [7, 11) is 4.54. The van der Waals surface area contributed by atoms with Crippen molar-refractivity contribution < 1.29 is 19.0 Å². The Morgan fingerprint density at radius 2 is 1.73 bits per heavy atom. The number of nitrogens with zero attached hydrogens (tertiary/aromatic N) is 2. The number of ether oxygens (including phenoxy) is 3. The monoisotopic (exact) mass is 464 g/mol. The van der Waals surface area contributed by atoms with Gasteiger partial charge in [-0.15, -0.1) is 11.8 Å². The molecule has 0 radical (unpaired) electrons. The fourth-order valence-electron chi connectivity index (χ4n) is 3.72. The van der Waals surface area contributed by atoms with Crippen LogP contribution in [0.4, 0.5) is 0 Å². The Balaban J connectivity index is 1.75. The molecule has 0 aliphatic rings. The third-order valence-corrected chi connectivity index (χ3v) is 6.44. The van der Waals surface area contributed by atoms with E-state index in [-0.39, 0.29) is 11.5 Å². The van der Waals surface area contributed by atoms with E-state index in [1.165, 1.54) is 18.9 Å². The largest absolute Gasteiger partial charge is 0.493 e. The molecule has 0 N–H and O–H groups in total. The van der Waals surface area contributed by atoms with Crippen LogP contribution in [-0.4, -0.2) is 42.6 Å². The summed E-state index contributed by atoms with van der Waals surface area (Å²) >= 11 is 1.53. The molecule has 0 unspecified atom stereocenters. The van der Waals surface area contributed by atoms with Gasteiger partial charge in [-0.3, -0.25) is 14.2 Å². The Labute approximate surface area is 195 Å². The summed E-state index contributed by atoms with van der Waals surface area (Å²) in [4.78, 5) is 30.5. The van der Waals surface area contributed by atoms with Gasteiger partial charge in [0, 0.05) is 16.0 Å². The molecule has 0 aliphatic heterocycles. The van der Waals surface area contributed by atoms with E-state index in [1.807, 2.05) is 48.5 Å². The summed E-state index contributed by atoms with van der Waals surface area (Å²) in [6, 6.07) is 15.3. The van der Waals surface area contributed by atoms with Crippen LogP contribution < -0.4 is 15.0 Å². The van der Waals surface area contributed by atoms with E-state index < -0.39 is 0 Å². The summed E-state index contributed by atoms with van der Waals surface area (Å²) in [6.45, 7) is 0.347. The van der Waals surface area contributed by atoms with Crippen LogP contribution in [0.1, 0.15) is 12.0 Å². The second kappa shape index (κ2) is 9.95. The lowest BCUT2D eigenvalue weighted by molar-refractivity contribution is -0.140. The van der Waals surface area contributed by atoms with E-state index in [0.29, 0.717) is 41.1 Å². The highest BCUT2D eigenvalue weighted by Gasteiger charge is 2.14. The molecule has 7 nitrogen and oxygen atoms in total. The Morgan fingerprint density at radius 1 is 0.970 bits per heavy atom.